The van der Waals surface area contributed by atoms with E-state index >= 15 is 0 Å². The predicted octanol–water partition coefficient (Wildman–Crippen LogP) is 2.60. The lowest BCUT2D eigenvalue weighted by atomic mass is 10.2. The molecule has 0 bridgehead atoms. The van der Waals surface area contributed by atoms with Crippen molar-refractivity contribution in [1.82, 2.24) is 9.97 Å². The van der Waals surface area contributed by atoms with Gasteiger partial charge in [-0.15, -0.1) is 11.6 Å². The van der Waals surface area contributed by atoms with Gasteiger partial charge in [-0.3, -0.25) is 0 Å². The fourth-order valence-electron chi connectivity index (χ4n) is 1.19. The highest BCUT2D eigenvalue weighted by Crippen LogP contribution is 2.07. The summed E-state index contributed by atoms with van der Waals surface area (Å²) in [5.74, 6) is 1.62. The van der Waals surface area contributed by atoms with Crippen molar-refractivity contribution in [1.29, 1.82) is 0 Å². The standard InChI is InChI=1S/C10H16ClN3/c1-3-4-9(11)7-13-10-5-6-12-8(2)14-10/h5-6,9H,3-4,7H2,1-2H3,(H,12,13,14). The number of aromatic nitrogens is 2. The maximum Gasteiger partial charge on any atom is 0.129 e. The molecular formula is C10H16ClN3. The second kappa shape index (κ2) is 5.81. The first kappa shape index (κ1) is 11.2. The smallest absolute Gasteiger partial charge is 0.129 e. The van der Waals surface area contributed by atoms with Gasteiger partial charge in [0, 0.05) is 12.7 Å². The van der Waals surface area contributed by atoms with Gasteiger partial charge in [0.1, 0.15) is 11.6 Å². The minimum Gasteiger partial charge on any atom is -0.368 e. The number of hydrogen-bond acceptors (Lipinski definition) is 3. The third-order valence-electron chi connectivity index (χ3n) is 1.88. The maximum absolute atomic E-state index is 6.06. The molecule has 0 aromatic carbocycles. The van der Waals surface area contributed by atoms with Crippen molar-refractivity contribution in [3.05, 3.63) is 18.1 Å². The van der Waals surface area contributed by atoms with Gasteiger partial charge in [0.05, 0.1) is 5.38 Å². The molecule has 0 fully saturated rings. The summed E-state index contributed by atoms with van der Waals surface area (Å²) in [5, 5.41) is 3.36. The van der Waals surface area contributed by atoms with Gasteiger partial charge in [-0.05, 0) is 19.4 Å². The topological polar surface area (TPSA) is 37.8 Å². The maximum atomic E-state index is 6.06. The Kier molecular flexibility index (Phi) is 4.66. The van der Waals surface area contributed by atoms with Crippen LogP contribution in [0.1, 0.15) is 25.6 Å². The van der Waals surface area contributed by atoms with Crippen molar-refractivity contribution in [2.75, 3.05) is 11.9 Å². The average molecular weight is 214 g/mol. The first-order valence-corrected chi connectivity index (χ1v) is 5.33. The van der Waals surface area contributed by atoms with E-state index in [1.807, 2.05) is 13.0 Å². The van der Waals surface area contributed by atoms with Crippen LogP contribution in [0, 0.1) is 6.92 Å². The molecule has 1 N–H and O–H groups in total. The molecule has 1 heterocycles. The third-order valence-corrected chi connectivity index (χ3v) is 2.26. The van der Waals surface area contributed by atoms with E-state index in [-0.39, 0.29) is 5.38 Å². The van der Waals surface area contributed by atoms with Crippen LogP contribution in [-0.2, 0) is 0 Å². The van der Waals surface area contributed by atoms with E-state index in [1.54, 1.807) is 6.20 Å². The summed E-state index contributed by atoms with van der Waals surface area (Å²) in [4.78, 5) is 8.24. The summed E-state index contributed by atoms with van der Waals surface area (Å²) < 4.78 is 0. The molecule has 0 radical (unpaired) electrons. The summed E-state index contributed by atoms with van der Waals surface area (Å²) in [7, 11) is 0. The van der Waals surface area contributed by atoms with Gasteiger partial charge in [-0.2, -0.15) is 0 Å². The van der Waals surface area contributed by atoms with Crippen LogP contribution in [-0.4, -0.2) is 21.9 Å². The summed E-state index contributed by atoms with van der Waals surface area (Å²) in [6.45, 7) is 4.76. The van der Waals surface area contributed by atoms with Crippen molar-refractivity contribution in [3.63, 3.8) is 0 Å². The molecule has 0 aliphatic carbocycles. The number of anilines is 1. The van der Waals surface area contributed by atoms with Gasteiger partial charge in [0.2, 0.25) is 0 Å². The monoisotopic (exact) mass is 213 g/mol. The van der Waals surface area contributed by atoms with Gasteiger partial charge >= 0.3 is 0 Å². The van der Waals surface area contributed by atoms with Crippen LogP contribution in [0.2, 0.25) is 0 Å². The summed E-state index contributed by atoms with van der Waals surface area (Å²) in [6.07, 6.45) is 3.88. The Balaban J connectivity index is 2.37. The molecule has 3 nitrogen and oxygen atoms in total. The number of alkyl halides is 1. The summed E-state index contributed by atoms with van der Waals surface area (Å²) >= 11 is 6.06. The van der Waals surface area contributed by atoms with Crippen LogP contribution in [0.15, 0.2) is 12.3 Å². The number of hydrogen-bond donors (Lipinski definition) is 1. The lowest BCUT2D eigenvalue weighted by Crippen LogP contribution is -2.14. The van der Waals surface area contributed by atoms with Crippen LogP contribution in [0.4, 0.5) is 5.82 Å². The minimum absolute atomic E-state index is 0.176. The molecule has 1 aromatic rings. The van der Waals surface area contributed by atoms with E-state index in [0.717, 1.165) is 31.0 Å². The van der Waals surface area contributed by atoms with Crippen molar-refractivity contribution >= 4 is 17.4 Å². The molecule has 0 amide bonds. The minimum atomic E-state index is 0.176. The van der Waals surface area contributed by atoms with Crippen molar-refractivity contribution in [2.24, 2.45) is 0 Å². The number of nitrogens with one attached hydrogen (secondary N) is 1. The Morgan fingerprint density at radius 3 is 3.00 bits per heavy atom. The van der Waals surface area contributed by atoms with Gasteiger partial charge in [0.25, 0.3) is 0 Å². The quantitative estimate of drug-likeness (QED) is 0.765. The first-order chi connectivity index (χ1) is 6.72. The van der Waals surface area contributed by atoms with Crippen molar-refractivity contribution in [2.45, 2.75) is 32.1 Å². The average Bonchev–Trinajstić information content (AvgIpc) is 2.15. The predicted molar refractivity (Wildman–Crippen MR) is 59.8 cm³/mol. The summed E-state index contributed by atoms with van der Waals surface area (Å²) in [6, 6.07) is 1.85. The zero-order valence-electron chi connectivity index (χ0n) is 8.63. The van der Waals surface area contributed by atoms with E-state index < -0.39 is 0 Å². The van der Waals surface area contributed by atoms with Gasteiger partial charge in [-0.25, -0.2) is 9.97 Å². The van der Waals surface area contributed by atoms with E-state index in [4.69, 9.17) is 11.6 Å². The van der Waals surface area contributed by atoms with Crippen molar-refractivity contribution in [3.8, 4) is 0 Å². The van der Waals surface area contributed by atoms with Crippen LogP contribution in [0.5, 0.6) is 0 Å². The second-order valence-electron chi connectivity index (χ2n) is 3.26. The highest BCUT2D eigenvalue weighted by molar-refractivity contribution is 6.20. The molecule has 1 unspecified atom stereocenters. The van der Waals surface area contributed by atoms with E-state index in [0.29, 0.717) is 0 Å². The Morgan fingerprint density at radius 1 is 1.57 bits per heavy atom. The van der Waals surface area contributed by atoms with Crippen LogP contribution in [0.25, 0.3) is 0 Å². The molecule has 0 saturated carbocycles. The van der Waals surface area contributed by atoms with E-state index in [1.165, 1.54) is 0 Å². The number of aryl methyl sites for hydroxylation is 1. The molecular weight excluding hydrogens is 198 g/mol. The largest absolute Gasteiger partial charge is 0.368 e. The third kappa shape index (κ3) is 3.92. The molecule has 0 spiro atoms. The summed E-state index contributed by atoms with van der Waals surface area (Å²) in [5.41, 5.74) is 0. The Morgan fingerprint density at radius 2 is 2.36 bits per heavy atom. The fourth-order valence-corrected chi connectivity index (χ4v) is 1.48. The molecule has 4 heteroatoms. The molecule has 0 aliphatic heterocycles. The lowest BCUT2D eigenvalue weighted by molar-refractivity contribution is 0.750. The zero-order valence-corrected chi connectivity index (χ0v) is 9.38. The van der Waals surface area contributed by atoms with Gasteiger partial charge < -0.3 is 5.32 Å². The molecule has 0 saturated heterocycles. The highest BCUT2D eigenvalue weighted by atomic mass is 35.5. The highest BCUT2D eigenvalue weighted by Gasteiger charge is 2.02. The number of rotatable bonds is 5. The Labute approximate surface area is 89.9 Å². The molecule has 78 valence electrons. The Bertz CT molecular complexity index is 278. The number of nitrogens with zero attached hydrogens (tertiary/aromatic N) is 2. The lowest BCUT2D eigenvalue weighted by Gasteiger charge is -2.09. The Hall–Kier alpha value is -0.830. The van der Waals surface area contributed by atoms with Gasteiger partial charge in [0.15, 0.2) is 0 Å². The van der Waals surface area contributed by atoms with Crippen LogP contribution in [0.3, 0.4) is 0 Å². The molecule has 1 atom stereocenters. The first-order valence-electron chi connectivity index (χ1n) is 4.90. The number of halogens is 1. The SMILES string of the molecule is CCCC(Cl)CNc1ccnc(C)n1. The molecule has 14 heavy (non-hydrogen) atoms. The zero-order chi connectivity index (χ0) is 10.4. The normalized spacial score (nSPS) is 12.5. The molecule has 0 aliphatic rings. The second-order valence-corrected chi connectivity index (χ2v) is 3.87. The van der Waals surface area contributed by atoms with E-state index in [9.17, 15) is 0 Å². The van der Waals surface area contributed by atoms with E-state index in [2.05, 4.69) is 22.2 Å². The van der Waals surface area contributed by atoms with Crippen LogP contribution < -0.4 is 5.32 Å². The van der Waals surface area contributed by atoms with Crippen molar-refractivity contribution < 1.29 is 0 Å². The van der Waals surface area contributed by atoms with Crippen LogP contribution >= 0.6 is 11.6 Å². The fraction of sp³-hybridized carbons (Fsp3) is 0.600. The molecule has 1 aromatic heterocycles. The van der Waals surface area contributed by atoms with Gasteiger partial charge in [-0.1, -0.05) is 13.3 Å². The molecule has 1 rings (SSSR count).